The maximum atomic E-state index is 13.3. The van der Waals surface area contributed by atoms with Gasteiger partial charge in [-0.25, -0.2) is 4.79 Å². The van der Waals surface area contributed by atoms with E-state index in [1.165, 1.54) is 4.90 Å². The van der Waals surface area contributed by atoms with Crippen LogP contribution in [-0.4, -0.2) is 60.1 Å². The Morgan fingerprint density at radius 1 is 1.09 bits per heavy atom. The molecule has 1 rings (SSSR count). The Hall–Kier alpha value is -3.54. The lowest BCUT2D eigenvalue weighted by Gasteiger charge is -2.36. The van der Waals surface area contributed by atoms with Gasteiger partial charge in [0.2, 0.25) is 11.8 Å². The molecule has 0 aromatic heterocycles. The van der Waals surface area contributed by atoms with Crippen LogP contribution < -0.4 is 10.6 Å². The number of alkyl carbamates (subject to hydrolysis) is 1. The van der Waals surface area contributed by atoms with Crippen molar-refractivity contribution in [1.29, 1.82) is 0 Å². The van der Waals surface area contributed by atoms with Crippen LogP contribution in [-0.2, 0) is 23.9 Å². The molecule has 0 heterocycles. The van der Waals surface area contributed by atoms with E-state index in [-0.39, 0.29) is 32.2 Å². The van der Waals surface area contributed by atoms with Gasteiger partial charge in [-0.2, -0.15) is 0 Å². The second kappa shape index (κ2) is 14.0. The Labute approximate surface area is 207 Å². The van der Waals surface area contributed by atoms with Crippen molar-refractivity contribution in [3.8, 4) is 12.3 Å². The predicted molar refractivity (Wildman–Crippen MR) is 132 cm³/mol. The van der Waals surface area contributed by atoms with Crippen LogP contribution in [0.4, 0.5) is 4.79 Å². The van der Waals surface area contributed by atoms with E-state index < -0.39 is 35.5 Å². The average molecular weight is 488 g/mol. The lowest BCUT2D eigenvalue weighted by atomic mass is 10.00. The topological polar surface area (TPSA) is 114 Å². The summed E-state index contributed by atoms with van der Waals surface area (Å²) in [7, 11) is 0. The fraction of sp³-hybridized carbons (Fsp3) is 0.538. The predicted octanol–water partition coefficient (Wildman–Crippen LogP) is 2.93. The van der Waals surface area contributed by atoms with Crippen molar-refractivity contribution in [3.63, 3.8) is 0 Å². The molecule has 2 atom stereocenters. The zero-order chi connectivity index (χ0) is 26.6. The Kier molecular flexibility index (Phi) is 11.8. The minimum absolute atomic E-state index is 0.000190. The quantitative estimate of drug-likeness (QED) is 0.366. The van der Waals surface area contributed by atoms with E-state index >= 15 is 0 Å². The van der Waals surface area contributed by atoms with Crippen molar-refractivity contribution in [2.24, 2.45) is 0 Å². The first-order valence-corrected chi connectivity index (χ1v) is 11.7. The average Bonchev–Trinajstić information content (AvgIpc) is 2.79. The molecule has 192 valence electrons. The highest BCUT2D eigenvalue weighted by atomic mass is 16.6. The fourth-order valence-electron chi connectivity index (χ4n) is 3.21. The van der Waals surface area contributed by atoms with Gasteiger partial charge in [-0.3, -0.25) is 14.4 Å². The van der Waals surface area contributed by atoms with E-state index in [1.807, 2.05) is 13.8 Å². The molecule has 3 amide bonds. The number of esters is 1. The first-order valence-electron chi connectivity index (χ1n) is 11.7. The number of ether oxygens (including phenoxy) is 2. The molecule has 35 heavy (non-hydrogen) atoms. The highest BCUT2D eigenvalue weighted by molar-refractivity contribution is 5.90. The molecule has 0 aliphatic carbocycles. The molecule has 0 saturated carbocycles. The van der Waals surface area contributed by atoms with E-state index in [0.29, 0.717) is 17.5 Å². The molecular formula is C26H37N3O6. The number of carbonyl (C=O) groups excluding carboxylic acids is 4. The van der Waals surface area contributed by atoms with Crippen LogP contribution in [0.3, 0.4) is 0 Å². The number of rotatable bonds is 11. The highest BCUT2D eigenvalue weighted by Crippen LogP contribution is 2.25. The minimum Gasteiger partial charge on any atom is -0.466 e. The maximum absolute atomic E-state index is 13.3. The lowest BCUT2D eigenvalue weighted by Crippen LogP contribution is -2.51. The SMILES string of the molecule is C#Cc1ccc(C(C(=O)NCCC(=O)OCC)N(C(=O)CNC(=O)OC(C)(C)C)C(C)CC)cc1. The summed E-state index contributed by atoms with van der Waals surface area (Å²) in [5.41, 5.74) is 0.454. The van der Waals surface area contributed by atoms with Gasteiger partial charge in [0.1, 0.15) is 18.2 Å². The van der Waals surface area contributed by atoms with Gasteiger partial charge in [0.25, 0.3) is 0 Å². The lowest BCUT2D eigenvalue weighted by molar-refractivity contribution is -0.144. The van der Waals surface area contributed by atoms with E-state index in [2.05, 4.69) is 16.6 Å². The van der Waals surface area contributed by atoms with Gasteiger partial charge in [0, 0.05) is 18.2 Å². The van der Waals surface area contributed by atoms with Gasteiger partial charge < -0.3 is 25.0 Å². The maximum Gasteiger partial charge on any atom is 0.408 e. The van der Waals surface area contributed by atoms with Crippen molar-refractivity contribution in [2.75, 3.05) is 19.7 Å². The van der Waals surface area contributed by atoms with Crippen LogP contribution in [0.2, 0.25) is 0 Å². The molecule has 2 unspecified atom stereocenters. The zero-order valence-corrected chi connectivity index (χ0v) is 21.5. The third-order valence-electron chi connectivity index (χ3n) is 4.99. The molecule has 0 aliphatic heterocycles. The molecule has 2 N–H and O–H groups in total. The van der Waals surface area contributed by atoms with Crippen LogP contribution in [0.5, 0.6) is 0 Å². The standard InChI is InChI=1S/C26H37N3O6/c1-8-18(4)29(21(30)17-28-25(33)35-26(5,6)7)23(20-13-11-19(9-2)12-14-20)24(32)27-16-15-22(31)34-10-3/h2,11-14,18,23H,8,10,15-17H2,1,3-7H3,(H,27,32)(H,28,33). The molecule has 0 fully saturated rings. The number of nitrogens with one attached hydrogen (secondary N) is 2. The monoisotopic (exact) mass is 487 g/mol. The summed E-state index contributed by atoms with van der Waals surface area (Å²) in [6, 6.07) is 5.41. The molecule has 0 aliphatic rings. The zero-order valence-electron chi connectivity index (χ0n) is 21.5. The normalized spacial score (nSPS) is 12.5. The summed E-state index contributed by atoms with van der Waals surface area (Å²) in [6.45, 7) is 10.5. The van der Waals surface area contributed by atoms with E-state index in [0.717, 1.165) is 0 Å². The van der Waals surface area contributed by atoms with Crippen molar-refractivity contribution in [1.82, 2.24) is 15.5 Å². The van der Waals surface area contributed by atoms with Gasteiger partial charge in [-0.1, -0.05) is 25.0 Å². The summed E-state index contributed by atoms with van der Waals surface area (Å²) in [5.74, 6) is 1.17. The molecule has 9 nitrogen and oxygen atoms in total. The van der Waals surface area contributed by atoms with Gasteiger partial charge in [0.05, 0.1) is 13.0 Å². The molecule has 0 saturated heterocycles. The summed E-state index contributed by atoms with van der Waals surface area (Å²) < 4.78 is 10.1. The highest BCUT2D eigenvalue weighted by Gasteiger charge is 2.34. The largest absolute Gasteiger partial charge is 0.466 e. The molecule has 0 radical (unpaired) electrons. The first kappa shape index (κ1) is 29.5. The fourth-order valence-corrected chi connectivity index (χ4v) is 3.21. The Morgan fingerprint density at radius 2 is 1.71 bits per heavy atom. The van der Waals surface area contributed by atoms with Gasteiger partial charge >= 0.3 is 12.1 Å². The molecule has 1 aromatic carbocycles. The van der Waals surface area contributed by atoms with Gasteiger partial charge in [-0.05, 0) is 58.7 Å². The van der Waals surface area contributed by atoms with Crippen LogP contribution in [0.25, 0.3) is 0 Å². The summed E-state index contributed by atoms with van der Waals surface area (Å²) in [6.07, 6.45) is 5.28. The first-order chi connectivity index (χ1) is 16.4. The molecular weight excluding hydrogens is 450 g/mol. The number of amides is 3. The van der Waals surface area contributed by atoms with Crippen LogP contribution in [0.1, 0.15) is 71.6 Å². The van der Waals surface area contributed by atoms with Crippen molar-refractivity contribution in [2.45, 2.75) is 72.1 Å². The molecule has 0 bridgehead atoms. The number of hydrogen-bond acceptors (Lipinski definition) is 6. The Morgan fingerprint density at radius 3 is 2.23 bits per heavy atom. The molecule has 9 heteroatoms. The second-order valence-electron chi connectivity index (χ2n) is 8.93. The van der Waals surface area contributed by atoms with Crippen LogP contribution in [0, 0.1) is 12.3 Å². The third-order valence-corrected chi connectivity index (χ3v) is 4.99. The molecule has 0 spiro atoms. The van der Waals surface area contributed by atoms with Crippen molar-refractivity contribution >= 4 is 23.9 Å². The number of hydrogen-bond donors (Lipinski definition) is 2. The second-order valence-corrected chi connectivity index (χ2v) is 8.93. The third kappa shape index (κ3) is 10.1. The summed E-state index contributed by atoms with van der Waals surface area (Å²) in [4.78, 5) is 51.8. The van der Waals surface area contributed by atoms with Crippen LogP contribution in [0.15, 0.2) is 24.3 Å². The summed E-state index contributed by atoms with van der Waals surface area (Å²) in [5, 5.41) is 5.19. The molecule has 1 aromatic rings. The van der Waals surface area contributed by atoms with Gasteiger partial charge in [0.15, 0.2) is 0 Å². The smallest absolute Gasteiger partial charge is 0.408 e. The van der Waals surface area contributed by atoms with E-state index in [4.69, 9.17) is 15.9 Å². The number of terminal acetylenes is 1. The van der Waals surface area contributed by atoms with Crippen LogP contribution >= 0.6 is 0 Å². The number of carbonyl (C=O) groups is 4. The minimum atomic E-state index is -1.01. The van der Waals surface area contributed by atoms with Crippen molar-refractivity contribution in [3.05, 3.63) is 35.4 Å². The Balaban J connectivity index is 3.19. The number of nitrogens with zero attached hydrogens (tertiary/aromatic N) is 1. The van der Waals surface area contributed by atoms with E-state index in [1.54, 1.807) is 52.0 Å². The Bertz CT molecular complexity index is 915. The number of benzene rings is 1. The van der Waals surface area contributed by atoms with Crippen molar-refractivity contribution < 1.29 is 28.7 Å². The van der Waals surface area contributed by atoms with Gasteiger partial charge in [-0.15, -0.1) is 6.42 Å². The summed E-state index contributed by atoms with van der Waals surface area (Å²) >= 11 is 0. The van der Waals surface area contributed by atoms with E-state index in [9.17, 15) is 19.2 Å².